The number of piperidine rings is 1. The summed E-state index contributed by atoms with van der Waals surface area (Å²) in [5.41, 5.74) is 0. The highest BCUT2D eigenvalue weighted by atomic mass is 16.1. The van der Waals surface area contributed by atoms with Crippen LogP contribution < -0.4 is 10.6 Å². The lowest BCUT2D eigenvalue weighted by atomic mass is 9.51. The molecule has 21 heavy (non-hydrogen) atoms. The van der Waals surface area contributed by atoms with Crippen molar-refractivity contribution in [1.29, 1.82) is 0 Å². The molecule has 1 aliphatic heterocycles. The lowest BCUT2D eigenvalue weighted by Gasteiger charge is -2.53. The van der Waals surface area contributed by atoms with Gasteiger partial charge in [-0.15, -0.1) is 0 Å². The van der Waals surface area contributed by atoms with Crippen molar-refractivity contribution in [2.75, 3.05) is 19.6 Å². The van der Waals surface area contributed by atoms with Crippen LogP contribution in [-0.4, -0.2) is 25.5 Å². The summed E-state index contributed by atoms with van der Waals surface area (Å²) < 4.78 is 0. The predicted octanol–water partition coefficient (Wildman–Crippen LogP) is 2.56. The number of rotatable bonds is 4. The van der Waals surface area contributed by atoms with E-state index in [0.29, 0.717) is 11.8 Å². The van der Waals surface area contributed by atoms with Gasteiger partial charge < -0.3 is 10.6 Å². The molecule has 1 saturated heterocycles. The molecule has 0 radical (unpaired) electrons. The van der Waals surface area contributed by atoms with E-state index in [-0.39, 0.29) is 0 Å². The second-order valence-corrected chi connectivity index (χ2v) is 8.25. The van der Waals surface area contributed by atoms with Gasteiger partial charge in [0.05, 0.1) is 0 Å². The minimum atomic E-state index is 0.363. The zero-order chi connectivity index (χ0) is 14.2. The molecule has 3 heteroatoms. The van der Waals surface area contributed by atoms with Crippen LogP contribution in [0.15, 0.2) is 0 Å². The highest BCUT2D eigenvalue weighted by Crippen LogP contribution is 2.56. The average Bonchev–Trinajstić information content (AvgIpc) is 2.47. The van der Waals surface area contributed by atoms with E-state index in [4.69, 9.17) is 0 Å². The number of hydrogen-bond acceptors (Lipinski definition) is 2. The minimum absolute atomic E-state index is 0.363. The largest absolute Gasteiger partial charge is 0.356 e. The van der Waals surface area contributed by atoms with Crippen molar-refractivity contribution in [2.24, 2.45) is 35.5 Å². The van der Waals surface area contributed by atoms with E-state index in [9.17, 15) is 4.79 Å². The summed E-state index contributed by atoms with van der Waals surface area (Å²) in [6, 6.07) is 0. The molecule has 3 nitrogen and oxygen atoms in total. The van der Waals surface area contributed by atoms with Gasteiger partial charge in [-0.1, -0.05) is 0 Å². The fourth-order valence-corrected chi connectivity index (χ4v) is 6.04. The molecule has 118 valence electrons. The van der Waals surface area contributed by atoms with Gasteiger partial charge in [0.2, 0.25) is 5.91 Å². The van der Waals surface area contributed by atoms with E-state index in [1.807, 2.05) is 0 Å². The van der Waals surface area contributed by atoms with Crippen LogP contribution >= 0.6 is 0 Å². The number of carbonyl (C=O) groups is 1. The Kier molecular flexibility index (Phi) is 3.95. The van der Waals surface area contributed by atoms with Crippen LogP contribution in [0.2, 0.25) is 0 Å². The van der Waals surface area contributed by atoms with E-state index in [1.165, 1.54) is 51.5 Å². The standard InChI is InChI=1S/C18H30N2O/c21-18(20-5-3-12-2-1-4-19-11-12)17-15-7-13-6-14(9-15)10-16(17)8-13/h12-17,19H,1-11H2,(H,20,21). The lowest BCUT2D eigenvalue weighted by Crippen LogP contribution is -2.51. The van der Waals surface area contributed by atoms with E-state index in [2.05, 4.69) is 10.6 Å². The zero-order valence-corrected chi connectivity index (χ0v) is 13.2. The second kappa shape index (κ2) is 5.91. The lowest BCUT2D eigenvalue weighted by molar-refractivity contribution is -0.138. The Bertz CT molecular complexity index is 361. The van der Waals surface area contributed by atoms with Crippen LogP contribution in [0.5, 0.6) is 0 Å². The first-order chi connectivity index (χ1) is 10.3. The molecule has 5 rings (SSSR count). The Labute approximate surface area is 128 Å². The maximum Gasteiger partial charge on any atom is 0.223 e. The van der Waals surface area contributed by atoms with Crippen molar-refractivity contribution >= 4 is 5.91 Å². The van der Waals surface area contributed by atoms with E-state index in [0.717, 1.165) is 49.1 Å². The molecule has 0 aromatic heterocycles. The molecule has 4 saturated carbocycles. The summed E-state index contributed by atoms with van der Waals surface area (Å²) >= 11 is 0. The van der Waals surface area contributed by atoms with Crippen LogP contribution in [0, 0.1) is 35.5 Å². The van der Waals surface area contributed by atoms with E-state index < -0.39 is 0 Å². The van der Waals surface area contributed by atoms with Crippen LogP contribution in [-0.2, 0) is 4.79 Å². The Balaban J connectivity index is 1.27. The summed E-state index contributed by atoms with van der Waals surface area (Å²) in [5.74, 6) is 4.90. The Morgan fingerprint density at radius 1 is 1.05 bits per heavy atom. The summed E-state index contributed by atoms with van der Waals surface area (Å²) in [6.07, 6.45) is 10.6. The monoisotopic (exact) mass is 290 g/mol. The third-order valence-electron chi connectivity index (χ3n) is 6.78. The molecule has 1 unspecified atom stereocenters. The van der Waals surface area contributed by atoms with Crippen molar-refractivity contribution in [3.63, 3.8) is 0 Å². The molecule has 4 bridgehead atoms. The van der Waals surface area contributed by atoms with Crippen LogP contribution in [0.1, 0.15) is 51.4 Å². The number of nitrogens with one attached hydrogen (secondary N) is 2. The molecule has 0 aromatic rings. The maximum atomic E-state index is 12.6. The Hall–Kier alpha value is -0.570. The van der Waals surface area contributed by atoms with Gasteiger partial charge in [0.25, 0.3) is 0 Å². The topological polar surface area (TPSA) is 41.1 Å². The molecule has 1 atom stereocenters. The summed E-state index contributed by atoms with van der Waals surface area (Å²) in [7, 11) is 0. The molecular weight excluding hydrogens is 260 g/mol. The summed E-state index contributed by atoms with van der Waals surface area (Å²) in [4.78, 5) is 12.6. The quantitative estimate of drug-likeness (QED) is 0.835. The second-order valence-electron chi connectivity index (χ2n) is 8.25. The molecule has 4 aliphatic carbocycles. The summed E-state index contributed by atoms with van der Waals surface area (Å²) in [6.45, 7) is 3.22. The first-order valence-electron chi connectivity index (χ1n) is 9.28. The van der Waals surface area contributed by atoms with Gasteiger partial charge in [-0.05, 0) is 94.0 Å². The van der Waals surface area contributed by atoms with Crippen molar-refractivity contribution in [2.45, 2.75) is 51.4 Å². The third-order valence-corrected chi connectivity index (χ3v) is 6.78. The van der Waals surface area contributed by atoms with Crippen molar-refractivity contribution < 1.29 is 4.79 Å². The molecule has 2 N–H and O–H groups in total. The molecule has 0 aromatic carbocycles. The number of amides is 1. The average molecular weight is 290 g/mol. The maximum absolute atomic E-state index is 12.6. The van der Waals surface area contributed by atoms with Gasteiger partial charge in [-0.3, -0.25) is 4.79 Å². The minimum Gasteiger partial charge on any atom is -0.356 e. The predicted molar refractivity (Wildman–Crippen MR) is 83.8 cm³/mol. The zero-order valence-electron chi connectivity index (χ0n) is 13.2. The fraction of sp³-hybridized carbons (Fsp3) is 0.944. The molecule has 5 fully saturated rings. The normalized spacial score (nSPS) is 44.8. The molecular formula is C18H30N2O. The Morgan fingerprint density at radius 2 is 1.76 bits per heavy atom. The van der Waals surface area contributed by atoms with Gasteiger partial charge >= 0.3 is 0 Å². The van der Waals surface area contributed by atoms with Gasteiger partial charge in [0.1, 0.15) is 0 Å². The number of hydrogen-bond donors (Lipinski definition) is 2. The van der Waals surface area contributed by atoms with Gasteiger partial charge in [0.15, 0.2) is 0 Å². The highest BCUT2D eigenvalue weighted by molar-refractivity contribution is 5.79. The molecule has 1 amide bonds. The van der Waals surface area contributed by atoms with E-state index in [1.54, 1.807) is 0 Å². The summed E-state index contributed by atoms with van der Waals surface area (Å²) in [5, 5.41) is 6.76. The Morgan fingerprint density at radius 3 is 2.38 bits per heavy atom. The first kappa shape index (κ1) is 14.0. The molecule has 1 heterocycles. The molecule has 0 spiro atoms. The van der Waals surface area contributed by atoms with Crippen molar-refractivity contribution in [3.05, 3.63) is 0 Å². The van der Waals surface area contributed by atoms with E-state index >= 15 is 0 Å². The highest BCUT2D eigenvalue weighted by Gasteiger charge is 2.50. The number of carbonyl (C=O) groups excluding carboxylic acids is 1. The van der Waals surface area contributed by atoms with Gasteiger partial charge in [0, 0.05) is 12.5 Å². The smallest absolute Gasteiger partial charge is 0.223 e. The van der Waals surface area contributed by atoms with Gasteiger partial charge in [-0.2, -0.15) is 0 Å². The fourth-order valence-electron chi connectivity index (χ4n) is 6.04. The molecule has 5 aliphatic rings. The SMILES string of the molecule is O=C(NCCC1CCCNC1)C1C2CC3CC(C2)CC1C3. The van der Waals surface area contributed by atoms with Crippen LogP contribution in [0.4, 0.5) is 0 Å². The van der Waals surface area contributed by atoms with Crippen LogP contribution in [0.25, 0.3) is 0 Å². The van der Waals surface area contributed by atoms with Crippen molar-refractivity contribution in [1.82, 2.24) is 10.6 Å². The first-order valence-corrected chi connectivity index (χ1v) is 9.28. The van der Waals surface area contributed by atoms with Crippen LogP contribution in [0.3, 0.4) is 0 Å². The van der Waals surface area contributed by atoms with Crippen molar-refractivity contribution in [3.8, 4) is 0 Å². The third kappa shape index (κ3) is 2.86. The van der Waals surface area contributed by atoms with Gasteiger partial charge in [-0.25, -0.2) is 0 Å².